The summed E-state index contributed by atoms with van der Waals surface area (Å²) in [5.41, 5.74) is 0.00806. The quantitative estimate of drug-likeness (QED) is 0.760. The van der Waals surface area contributed by atoms with Gasteiger partial charge < -0.3 is 5.32 Å². The molecule has 3 aromatic rings. The van der Waals surface area contributed by atoms with Crippen molar-refractivity contribution in [3.8, 4) is 0 Å². The summed E-state index contributed by atoms with van der Waals surface area (Å²) < 4.78 is 39.8. The predicted octanol–water partition coefficient (Wildman–Crippen LogP) is 3.70. The van der Waals surface area contributed by atoms with E-state index in [1.54, 1.807) is 18.4 Å². The fourth-order valence-electron chi connectivity index (χ4n) is 2.12. The summed E-state index contributed by atoms with van der Waals surface area (Å²) in [4.78, 5) is 12.6. The van der Waals surface area contributed by atoms with Crippen molar-refractivity contribution in [1.29, 1.82) is 0 Å². The number of carbonyl (C=O) groups excluding carboxylic acids is 1. The van der Waals surface area contributed by atoms with Crippen molar-refractivity contribution in [2.24, 2.45) is 0 Å². The average Bonchev–Trinajstić information content (AvgIpc) is 3.10. The second-order valence-electron chi connectivity index (χ2n) is 5.00. The number of aryl methyl sites for hydroxylation is 1. The molecular formula is C14H10ClF3N4OS. The minimum Gasteiger partial charge on any atom is -0.344 e. The largest absolute Gasteiger partial charge is 0.417 e. The van der Waals surface area contributed by atoms with Crippen molar-refractivity contribution >= 4 is 34.5 Å². The fraction of sp³-hybridized carbons (Fsp3) is 0.214. The molecule has 0 aliphatic rings. The van der Waals surface area contributed by atoms with E-state index in [4.69, 9.17) is 11.6 Å². The molecule has 0 radical (unpaired) electrons. The first-order chi connectivity index (χ1) is 11.3. The van der Waals surface area contributed by atoms with Crippen LogP contribution in [0.2, 0.25) is 5.02 Å². The van der Waals surface area contributed by atoms with Gasteiger partial charge in [-0.3, -0.25) is 9.20 Å². The monoisotopic (exact) mass is 374 g/mol. The van der Waals surface area contributed by atoms with E-state index in [1.807, 2.05) is 0 Å². The first-order valence-corrected chi connectivity index (χ1v) is 7.96. The van der Waals surface area contributed by atoms with Gasteiger partial charge in [-0.25, -0.2) is 0 Å². The number of carbonyl (C=O) groups is 1. The molecule has 3 heterocycles. The maximum absolute atomic E-state index is 12.9. The molecule has 0 unspecified atom stereocenters. The summed E-state index contributed by atoms with van der Waals surface area (Å²) in [5.74, 6) is -0.169. The summed E-state index contributed by atoms with van der Waals surface area (Å²) >= 11 is 7.12. The molecule has 5 nitrogen and oxygen atoms in total. The van der Waals surface area contributed by atoms with Gasteiger partial charge in [-0.05, 0) is 30.0 Å². The maximum Gasteiger partial charge on any atom is 0.417 e. The summed E-state index contributed by atoms with van der Waals surface area (Å²) in [6.45, 7) is 1.72. The van der Waals surface area contributed by atoms with Crippen LogP contribution >= 0.6 is 22.9 Å². The molecule has 10 heteroatoms. The van der Waals surface area contributed by atoms with Crippen molar-refractivity contribution in [2.45, 2.75) is 19.6 Å². The summed E-state index contributed by atoms with van der Waals surface area (Å²) in [6, 6.07) is 2.60. The molecule has 24 heavy (non-hydrogen) atoms. The van der Waals surface area contributed by atoms with E-state index in [0.717, 1.165) is 22.2 Å². The van der Waals surface area contributed by atoms with Gasteiger partial charge >= 0.3 is 6.18 Å². The van der Waals surface area contributed by atoms with Crippen LogP contribution in [0.4, 0.5) is 13.2 Å². The summed E-state index contributed by atoms with van der Waals surface area (Å²) in [6.07, 6.45) is -3.68. The van der Waals surface area contributed by atoms with Crippen LogP contribution in [-0.4, -0.2) is 20.5 Å². The molecule has 1 amide bonds. The Bertz CT molecular complexity index is 919. The van der Waals surface area contributed by atoms with E-state index in [2.05, 4.69) is 15.5 Å². The van der Waals surface area contributed by atoms with Crippen LogP contribution < -0.4 is 5.32 Å². The smallest absolute Gasteiger partial charge is 0.344 e. The third kappa shape index (κ3) is 3.09. The van der Waals surface area contributed by atoms with Crippen molar-refractivity contribution in [2.75, 3.05) is 0 Å². The van der Waals surface area contributed by atoms with E-state index in [-0.39, 0.29) is 28.9 Å². The van der Waals surface area contributed by atoms with Crippen LogP contribution in [0.1, 0.15) is 26.6 Å². The van der Waals surface area contributed by atoms with Crippen LogP contribution in [-0.2, 0) is 12.7 Å². The lowest BCUT2D eigenvalue weighted by atomic mass is 10.2. The Morgan fingerprint density at radius 1 is 1.42 bits per heavy atom. The third-order valence-electron chi connectivity index (χ3n) is 3.33. The Morgan fingerprint density at radius 3 is 2.79 bits per heavy atom. The molecule has 3 rings (SSSR count). The van der Waals surface area contributed by atoms with E-state index >= 15 is 0 Å². The molecule has 0 aliphatic carbocycles. The molecule has 0 bridgehead atoms. The number of nitrogens with one attached hydrogen (secondary N) is 1. The van der Waals surface area contributed by atoms with Gasteiger partial charge in [0.05, 0.1) is 22.0 Å². The minimum atomic E-state index is -4.54. The number of alkyl halides is 3. The second-order valence-corrected chi connectivity index (χ2v) is 6.32. The van der Waals surface area contributed by atoms with E-state index in [1.165, 1.54) is 11.3 Å². The highest BCUT2D eigenvalue weighted by Crippen LogP contribution is 2.32. The van der Waals surface area contributed by atoms with Crippen molar-refractivity contribution < 1.29 is 18.0 Å². The molecule has 0 saturated carbocycles. The Morgan fingerprint density at radius 2 is 2.17 bits per heavy atom. The SMILES string of the molecule is Cc1ccsc1C(=O)NCc1nnc2c(Cl)cc(C(F)(F)F)cn12. The van der Waals surface area contributed by atoms with Crippen LogP contribution in [0.3, 0.4) is 0 Å². The van der Waals surface area contributed by atoms with Crippen LogP contribution in [0, 0.1) is 6.92 Å². The average molecular weight is 375 g/mol. The number of thiophene rings is 1. The number of rotatable bonds is 3. The van der Waals surface area contributed by atoms with Gasteiger partial charge in [0.15, 0.2) is 11.5 Å². The Kier molecular flexibility index (Phi) is 4.22. The van der Waals surface area contributed by atoms with Gasteiger partial charge in [0.2, 0.25) is 0 Å². The van der Waals surface area contributed by atoms with Gasteiger partial charge in [0, 0.05) is 6.20 Å². The lowest BCUT2D eigenvalue weighted by molar-refractivity contribution is -0.137. The van der Waals surface area contributed by atoms with Crippen LogP contribution in [0.25, 0.3) is 5.65 Å². The van der Waals surface area contributed by atoms with E-state index < -0.39 is 11.7 Å². The lowest BCUT2D eigenvalue weighted by Crippen LogP contribution is -2.23. The standard InChI is InChI=1S/C14H10ClF3N4OS/c1-7-2-3-24-11(7)13(23)19-5-10-20-21-12-9(15)4-8(6-22(10)12)14(16,17)18/h2-4,6H,5H2,1H3,(H,19,23). The second kappa shape index (κ2) is 6.06. The Labute approximate surface area is 143 Å². The summed E-state index contributed by atoms with van der Waals surface area (Å²) in [7, 11) is 0. The zero-order valence-corrected chi connectivity index (χ0v) is 13.8. The predicted molar refractivity (Wildman–Crippen MR) is 83.2 cm³/mol. The Balaban J connectivity index is 1.89. The van der Waals surface area contributed by atoms with Gasteiger partial charge in [-0.2, -0.15) is 13.2 Å². The molecule has 0 saturated heterocycles. The third-order valence-corrected chi connectivity index (χ3v) is 4.63. The van der Waals surface area contributed by atoms with E-state index in [9.17, 15) is 18.0 Å². The number of aromatic nitrogens is 3. The number of nitrogens with zero attached hydrogens (tertiary/aromatic N) is 3. The number of amides is 1. The molecule has 3 aromatic heterocycles. The fourth-order valence-corrected chi connectivity index (χ4v) is 3.21. The van der Waals surface area contributed by atoms with Crippen molar-refractivity contribution in [3.05, 3.63) is 50.6 Å². The molecule has 0 aromatic carbocycles. The zero-order valence-electron chi connectivity index (χ0n) is 12.2. The Hall–Kier alpha value is -2.13. The lowest BCUT2D eigenvalue weighted by Gasteiger charge is -2.09. The topological polar surface area (TPSA) is 59.3 Å². The molecule has 0 spiro atoms. The van der Waals surface area contributed by atoms with Gasteiger partial charge in [-0.1, -0.05) is 11.6 Å². The molecular weight excluding hydrogens is 365 g/mol. The van der Waals surface area contributed by atoms with Gasteiger partial charge in [-0.15, -0.1) is 21.5 Å². The molecule has 0 fully saturated rings. The van der Waals surface area contributed by atoms with Crippen LogP contribution in [0.5, 0.6) is 0 Å². The highest BCUT2D eigenvalue weighted by Gasteiger charge is 2.32. The number of hydrogen-bond donors (Lipinski definition) is 1. The number of fused-ring (bicyclic) bond motifs is 1. The number of halogens is 4. The van der Waals surface area contributed by atoms with Gasteiger partial charge in [0.1, 0.15) is 0 Å². The zero-order chi connectivity index (χ0) is 17.5. The van der Waals surface area contributed by atoms with Crippen molar-refractivity contribution in [1.82, 2.24) is 19.9 Å². The highest BCUT2D eigenvalue weighted by atomic mass is 35.5. The number of hydrogen-bond acceptors (Lipinski definition) is 4. The molecule has 0 atom stereocenters. The molecule has 126 valence electrons. The number of pyridine rings is 1. The van der Waals surface area contributed by atoms with Gasteiger partial charge in [0.25, 0.3) is 5.91 Å². The molecule has 0 aliphatic heterocycles. The first kappa shape index (κ1) is 16.7. The van der Waals surface area contributed by atoms with Crippen molar-refractivity contribution in [3.63, 3.8) is 0 Å². The first-order valence-electron chi connectivity index (χ1n) is 6.70. The minimum absolute atomic E-state index is 0.0744. The van der Waals surface area contributed by atoms with E-state index in [0.29, 0.717) is 4.88 Å². The normalized spacial score (nSPS) is 11.9. The maximum atomic E-state index is 12.9. The van der Waals surface area contributed by atoms with Crippen LogP contribution in [0.15, 0.2) is 23.7 Å². The molecule has 1 N–H and O–H groups in total. The summed E-state index contributed by atoms with van der Waals surface area (Å²) in [5, 5.41) is 11.8. The highest BCUT2D eigenvalue weighted by molar-refractivity contribution is 7.12.